The summed E-state index contributed by atoms with van der Waals surface area (Å²) in [7, 11) is 0. The maximum absolute atomic E-state index is 13.2. The van der Waals surface area contributed by atoms with Gasteiger partial charge in [0, 0.05) is 0 Å². The number of hydrogen-bond acceptors (Lipinski definition) is 2. The number of ether oxygens (including phenoxy) is 1. The van der Waals surface area contributed by atoms with E-state index >= 15 is 0 Å². The van der Waals surface area contributed by atoms with Crippen LogP contribution < -0.4 is 10.5 Å². The standard InChI is InChI=1S/C10H13FNO/c1-8-4-2-5-9(10(8)11)13-7-3-6-12/h2,5H,3,6-7,12H2,1H3. The van der Waals surface area contributed by atoms with Gasteiger partial charge in [-0.3, -0.25) is 0 Å². The Labute approximate surface area is 77.5 Å². The van der Waals surface area contributed by atoms with Crippen LogP contribution in [0.2, 0.25) is 0 Å². The Hall–Kier alpha value is -1.09. The molecule has 0 aliphatic carbocycles. The van der Waals surface area contributed by atoms with Gasteiger partial charge in [-0.15, -0.1) is 0 Å². The van der Waals surface area contributed by atoms with Crippen molar-refractivity contribution < 1.29 is 9.13 Å². The average Bonchev–Trinajstić information content (AvgIpc) is 2.13. The molecule has 0 bridgehead atoms. The summed E-state index contributed by atoms with van der Waals surface area (Å²) in [6.07, 6.45) is 0.733. The van der Waals surface area contributed by atoms with Gasteiger partial charge in [-0.25, -0.2) is 4.39 Å². The monoisotopic (exact) mass is 182 g/mol. The van der Waals surface area contributed by atoms with Gasteiger partial charge in [0.05, 0.1) is 6.61 Å². The molecule has 0 amide bonds. The van der Waals surface area contributed by atoms with Crippen molar-refractivity contribution in [3.05, 3.63) is 29.6 Å². The highest BCUT2D eigenvalue weighted by Crippen LogP contribution is 2.18. The second-order valence-electron chi connectivity index (χ2n) is 2.77. The first-order valence-electron chi connectivity index (χ1n) is 4.25. The Morgan fingerprint density at radius 1 is 1.62 bits per heavy atom. The van der Waals surface area contributed by atoms with Crippen LogP contribution in [0.3, 0.4) is 0 Å². The fourth-order valence-corrected chi connectivity index (χ4v) is 0.941. The van der Waals surface area contributed by atoms with Gasteiger partial charge in [-0.05, 0) is 37.6 Å². The predicted molar refractivity (Wildman–Crippen MR) is 49.1 cm³/mol. The van der Waals surface area contributed by atoms with Crippen LogP contribution in [0, 0.1) is 18.8 Å². The first kappa shape index (κ1) is 9.99. The molecular weight excluding hydrogens is 169 g/mol. The summed E-state index contributed by atoms with van der Waals surface area (Å²) in [6.45, 7) is 2.67. The van der Waals surface area contributed by atoms with E-state index in [9.17, 15) is 4.39 Å². The van der Waals surface area contributed by atoms with Gasteiger partial charge in [0.15, 0.2) is 11.6 Å². The summed E-state index contributed by atoms with van der Waals surface area (Å²) in [6, 6.07) is 5.97. The minimum absolute atomic E-state index is 0.282. The fourth-order valence-electron chi connectivity index (χ4n) is 0.941. The predicted octanol–water partition coefficient (Wildman–Crippen LogP) is 1.66. The van der Waals surface area contributed by atoms with E-state index in [2.05, 4.69) is 6.07 Å². The number of aryl methyl sites for hydroxylation is 1. The number of benzene rings is 1. The van der Waals surface area contributed by atoms with E-state index in [1.54, 1.807) is 19.1 Å². The second-order valence-corrected chi connectivity index (χ2v) is 2.77. The van der Waals surface area contributed by atoms with E-state index in [0.717, 1.165) is 6.42 Å². The molecule has 0 saturated heterocycles. The summed E-state index contributed by atoms with van der Waals surface area (Å²) in [5, 5.41) is 0. The number of rotatable bonds is 4. The van der Waals surface area contributed by atoms with E-state index < -0.39 is 0 Å². The quantitative estimate of drug-likeness (QED) is 0.719. The topological polar surface area (TPSA) is 35.2 Å². The molecule has 2 nitrogen and oxygen atoms in total. The van der Waals surface area contributed by atoms with Crippen molar-refractivity contribution in [1.82, 2.24) is 0 Å². The highest BCUT2D eigenvalue weighted by Gasteiger charge is 2.04. The third kappa shape index (κ3) is 2.70. The van der Waals surface area contributed by atoms with Crippen molar-refractivity contribution in [1.29, 1.82) is 0 Å². The maximum Gasteiger partial charge on any atom is 0.168 e. The molecule has 0 heterocycles. The van der Waals surface area contributed by atoms with Crippen molar-refractivity contribution >= 4 is 0 Å². The Balaban J connectivity index is 2.61. The minimum atomic E-state index is -0.334. The normalized spacial score (nSPS) is 10.1. The largest absolute Gasteiger partial charge is 0.490 e. The average molecular weight is 182 g/mol. The van der Waals surface area contributed by atoms with E-state index in [0.29, 0.717) is 18.7 Å². The van der Waals surface area contributed by atoms with Crippen LogP contribution >= 0.6 is 0 Å². The molecule has 0 unspecified atom stereocenters. The lowest BCUT2D eigenvalue weighted by Gasteiger charge is -2.06. The lowest BCUT2D eigenvalue weighted by Crippen LogP contribution is -2.07. The summed E-state index contributed by atoms with van der Waals surface area (Å²) < 4.78 is 18.4. The molecule has 0 saturated carbocycles. The SMILES string of the molecule is Cc1[c]ccc(OCCCN)c1F. The van der Waals surface area contributed by atoms with Crippen LogP contribution in [0.5, 0.6) is 5.75 Å². The highest BCUT2D eigenvalue weighted by atomic mass is 19.1. The summed E-state index contributed by atoms with van der Waals surface area (Å²) in [5.74, 6) is -0.0516. The summed E-state index contributed by atoms with van der Waals surface area (Å²) in [4.78, 5) is 0. The van der Waals surface area contributed by atoms with E-state index in [1.165, 1.54) is 0 Å². The number of nitrogens with two attached hydrogens (primary N) is 1. The zero-order chi connectivity index (χ0) is 9.68. The molecule has 0 fully saturated rings. The van der Waals surface area contributed by atoms with Crippen molar-refractivity contribution in [2.75, 3.05) is 13.2 Å². The van der Waals surface area contributed by atoms with E-state index in [-0.39, 0.29) is 11.6 Å². The number of hydrogen-bond donors (Lipinski definition) is 1. The molecule has 0 aromatic heterocycles. The smallest absolute Gasteiger partial charge is 0.168 e. The third-order valence-electron chi connectivity index (χ3n) is 1.69. The molecule has 3 heteroatoms. The van der Waals surface area contributed by atoms with Gasteiger partial charge in [0.25, 0.3) is 0 Å². The van der Waals surface area contributed by atoms with Crippen LogP contribution in [-0.4, -0.2) is 13.2 Å². The highest BCUT2D eigenvalue weighted by molar-refractivity contribution is 5.29. The Morgan fingerprint density at radius 2 is 2.38 bits per heavy atom. The van der Waals surface area contributed by atoms with Crippen LogP contribution in [-0.2, 0) is 0 Å². The van der Waals surface area contributed by atoms with Crippen LogP contribution in [0.1, 0.15) is 12.0 Å². The molecule has 2 N–H and O–H groups in total. The van der Waals surface area contributed by atoms with Crippen LogP contribution in [0.25, 0.3) is 0 Å². The lowest BCUT2D eigenvalue weighted by atomic mass is 10.2. The zero-order valence-electron chi connectivity index (χ0n) is 7.64. The molecule has 1 rings (SSSR count). The Kier molecular flexibility index (Phi) is 3.71. The molecular formula is C10H13FNO. The van der Waals surface area contributed by atoms with Crippen molar-refractivity contribution in [2.24, 2.45) is 5.73 Å². The molecule has 1 aromatic rings. The second kappa shape index (κ2) is 4.82. The maximum atomic E-state index is 13.2. The summed E-state index contributed by atoms with van der Waals surface area (Å²) >= 11 is 0. The third-order valence-corrected chi connectivity index (χ3v) is 1.69. The first-order valence-corrected chi connectivity index (χ1v) is 4.25. The Morgan fingerprint density at radius 3 is 3.08 bits per heavy atom. The number of halogens is 1. The Bertz CT molecular complexity index is 276. The van der Waals surface area contributed by atoms with Crippen LogP contribution in [0.15, 0.2) is 12.1 Å². The molecule has 1 aromatic carbocycles. The first-order chi connectivity index (χ1) is 6.25. The van der Waals surface area contributed by atoms with Crippen molar-refractivity contribution in [3.8, 4) is 5.75 Å². The zero-order valence-corrected chi connectivity index (χ0v) is 7.64. The molecule has 0 atom stereocenters. The molecule has 71 valence electrons. The minimum Gasteiger partial charge on any atom is -0.490 e. The molecule has 0 spiro atoms. The van der Waals surface area contributed by atoms with Crippen LogP contribution in [0.4, 0.5) is 4.39 Å². The van der Waals surface area contributed by atoms with Gasteiger partial charge in [0.2, 0.25) is 0 Å². The van der Waals surface area contributed by atoms with E-state index in [4.69, 9.17) is 10.5 Å². The lowest BCUT2D eigenvalue weighted by molar-refractivity contribution is 0.297. The summed E-state index contributed by atoms with van der Waals surface area (Å²) in [5.41, 5.74) is 5.76. The molecule has 0 aliphatic rings. The van der Waals surface area contributed by atoms with Gasteiger partial charge < -0.3 is 10.5 Å². The van der Waals surface area contributed by atoms with E-state index in [1.807, 2.05) is 0 Å². The van der Waals surface area contributed by atoms with Gasteiger partial charge in [-0.1, -0.05) is 6.07 Å². The van der Waals surface area contributed by atoms with Gasteiger partial charge in [0.1, 0.15) is 0 Å². The van der Waals surface area contributed by atoms with Gasteiger partial charge in [-0.2, -0.15) is 0 Å². The van der Waals surface area contributed by atoms with Crippen molar-refractivity contribution in [3.63, 3.8) is 0 Å². The molecule has 0 aliphatic heterocycles. The van der Waals surface area contributed by atoms with Crippen molar-refractivity contribution in [2.45, 2.75) is 13.3 Å². The molecule has 13 heavy (non-hydrogen) atoms. The van der Waals surface area contributed by atoms with Gasteiger partial charge >= 0.3 is 0 Å². The molecule has 1 radical (unpaired) electrons. The fraction of sp³-hybridized carbons (Fsp3) is 0.400.